The summed E-state index contributed by atoms with van der Waals surface area (Å²) in [7, 11) is 1.53. The van der Waals surface area contributed by atoms with Gasteiger partial charge in [0.25, 0.3) is 5.56 Å². The summed E-state index contributed by atoms with van der Waals surface area (Å²) in [5.41, 5.74) is 7.91. The molecule has 1 atom stereocenters. The lowest BCUT2D eigenvalue weighted by Gasteiger charge is -2.33. The number of halogens is 2. The molecule has 0 aliphatic carbocycles. The van der Waals surface area contributed by atoms with Crippen molar-refractivity contribution in [3.63, 3.8) is 0 Å². The van der Waals surface area contributed by atoms with Crippen molar-refractivity contribution in [2.75, 3.05) is 25.1 Å². The molecule has 1 aliphatic rings. The second-order valence-electron chi connectivity index (χ2n) is 9.10. The van der Waals surface area contributed by atoms with E-state index in [1.807, 2.05) is 18.2 Å². The summed E-state index contributed by atoms with van der Waals surface area (Å²) >= 11 is 0. The van der Waals surface area contributed by atoms with E-state index in [0.29, 0.717) is 41.3 Å². The molecule has 1 saturated heterocycles. The van der Waals surface area contributed by atoms with Gasteiger partial charge in [-0.1, -0.05) is 18.2 Å². The van der Waals surface area contributed by atoms with Crippen LogP contribution in [0.25, 0.3) is 11.0 Å². The van der Waals surface area contributed by atoms with Crippen LogP contribution in [-0.4, -0.2) is 51.1 Å². The Kier molecular flexibility index (Phi) is 9.70. The third kappa shape index (κ3) is 5.91. The van der Waals surface area contributed by atoms with Crippen molar-refractivity contribution in [1.29, 1.82) is 5.26 Å². The zero-order valence-corrected chi connectivity index (χ0v) is 23.0. The summed E-state index contributed by atoms with van der Waals surface area (Å²) < 4.78 is 8.30. The Balaban J connectivity index is 0.00000210. The third-order valence-electron chi connectivity index (χ3n) is 6.62. The largest absolute Gasteiger partial charge is 0.497 e. The van der Waals surface area contributed by atoms with Gasteiger partial charge in [0.2, 0.25) is 0 Å². The van der Waals surface area contributed by atoms with Crippen LogP contribution < -0.4 is 20.9 Å². The number of fused-ring (bicyclic) bond motifs is 1. The Morgan fingerprint density at radius 2 is 2.03 bits per heavy atom. The summed E-state index contributed by atoms with van der Waals surface area (Å²) in [6, 6.07) is 14.6. The van der Waals surface area contributed by atoms with Crippen molar-refractivity contribution in [1.82, 2.24) is 19.1 Å². The molecule has 39 heavy (non-hydrogen) atoms. The lowest BCUT2D eigenvalue weighted by Crippen LogP contribution is -2.44. The minimum atomic E-state index is -0.402. The number of nitriles is 1. The van der Waals surface area contributed by atoms with E-state index < -0.39 is 5.56 Å². The Bertz CT molecular complexity index is 1560. The molecule has 4 heterocycles. The van der Waals surface area contributed by atoms with Crippen molar-refractivity contribution in [2.45, 2.75) is 32.0 Å². The second-order valence-corrected chi connectivity index (χ2v) is 9.10. The fourth-order valence-corrected chi connectivity index (χ4v) is 4.85. The topological polar surface area (TPSA) is 132 Å². The minimum Gasteiger partial charge on any atom is -0.497 e. The molecule has 0 spiro atoms. The van der Waals surface area contributed by atoms with Gasteiger partial charge in [-0.3, -0.25) is 19.1 Å². The summed E-state index contributed by atoms with van der Waals surface area (Å²) in [6.45, 7) is 1.35. The van der Waals surface area contributed by atoms with Crippen molar-refractivity contribution in [3.8, 4) is 11.8 Å². The smallest absolute Gasteiger partial charge is 0.278 e. The number of methoxy groups -OCH3 is 1. The Hall–Kier alpha value is -3.91. The highest BCUT2D eigenvalue weighted by molar-refractivity contribution is 5.96. The van der Waals surface area contributed by atoms with Gasteiger partial charge in [0.05, 0.1) is 32.2 Å². The van der Waals surface area contributed by atoms with Crippen LogP contribution >= 0.6 is 24.8 Å². The van der Waals surface area contributed by atoms with Crippen molar-refractivity contribution < 1.29 is 9.53 Å². The normalized spacial score (nSPS) is 14.7. The lowest BCUT2D eigenvalue weighted by atomic mass is 10.1. The fourth-order valence-electron chi connectivity index (χ4n) is 4.85. The van der Waals surface area contributed by atoms with Crippen molar-refractivity contribution in [2.24, 2.45) is 5.73 Å². The lowest BCUT2D eigenvalue weighted by molar-refractivity contribution is 0.0970. The molecule has 204 valence electrons. The van der Waals surface area contributed by atoms with Gasteiger partial charge in [-0.25, -0.2) is 4.98 Å². The quantitative estimate of drug-likeness (QED) is 0.335. The van der Waals surface area contributed by atoms with E-state index in [4.69, 9.17) is 10.5 Å². The number of ether oxygens (including phenoxy) is 1. The zero-order chi connectivity index (χ0) is 25.9. The van der Waals surface area contributed by atoms with Gasteiger partial charge in [0, 0.05) is 30.9 Å². The first kappa shape index (κ1) is 29.6. The highest BCUT2D eigenvalue weighted by Gasteiger charge is 2.29. The molecule has 0 amide bonds. The van der Waals surface area contributed by atoms with Crippen LogP contribution in [0.3, 0.4) is 0 Å². The fraction of sp³-hybridized carbons (Fsp3) is 0.296. The molecule has 3 aromatic heterocycles. The van der Waals surface area contributed by atoms with Crippen LogP contribution in [0.5, 0.6) is 5.75 Å². The molecule has 0 bridgehead atoms. The number of rotatable bonds is 7. The molecule has 1 fully saturated rings. The maximum Gasteiger partial charge on any atom is 0.278 e. The first-order chi connectivity index (χ1) is 18.0. The number of piperidine rings is 1. The van der Waals surface area contributed by atoms with Gasteiger partial charge in [-0.05, 0) is 37.1 Å². The summed E-state index contributed by atoms with van der Waals surface area (Å²) in [4.78, 5) is 37.8. The molecule has 12 heteroatoms. The Morgan fingerprint density at radius 1 is 1.21 bits per heavy atom. The molecule has 5 rings (SSSR count). The first-order valence-corrected chi connectivity index (χ1v) is 12.1. The maximum atomic E-state index is 13.8. The number of carbonyl (C=O) groups is 1. The predicted molar refractivity (Wildman–Crippen MR) is 153 cm³/mol. The average molecular weight is 570 g/mol. The van der Waals surface area contributed by atoms with Crippen LogP contribution in [0.4, 0.5) is 5.82 Å². The van der Waals surface area contributed by atoms with Crippen molar-refractivity contribution in [3.05, 3.63) is 82.2 Å². The van der Waals surface area contributed by atoms with Gasteiger partial charge < -0.3 is 19.9 Å². The number of ketones is 1. The molecule has 1 aliphatic heterocycles. The van der Waals surface area contributed by atoms with E-state index in [2.05, 4.69) is 20.9 Å². The molecule has 1 unspecified atom stereocenters. The van der Waals surface area contributed by atoms with E-state index in [1.54, 1.807) is 35.0 Å². The molecule has 1 aromatic carbocycles. The highest BCUT2D eigenvalue weighted by Crippen LogP contribution is 2.32. The standard InChI is InChI=1S/C27H27N7O3.2ClH/c1-37-21-9-4-6-18(12-21)23(35)16-33-17-31-24-22(13-28)26(32-11-5-7-19(29)14-32)34(25(24)27(33)36)15-20-8-2-3-10-30-20;;/h2-4,6,8-10,12,17,19H,5,7,11,14-16,29H2,1H3;2*1H. The van der Waals surface area contributed by atoms with Crippen LogP contribution in [-0.2, 0) is 13.1 Å². The van der Waals surface area contributed by atoms with Crippen LogP contribution in [0.15, 0.2) is 59.8 Å². The number of pyridine rings is 1. The zero-order valence-electron chi connectivity index (χ0n) is 21.3. The summed E-state index contributed by atoms with van der Waals surface area (Å²) in [5.74, 6) is 0.909. The van der Waals surface area contributed by atoms with Crippen LogP contribution in [0, 0.1) is 11.3 Å². The Labute approximate surface area is 237 Å². The third-order valence-corrected chi connectivity index (χ3v) is 6.62. The van der Waals surface area contributed by atoms with E-state index in [0.717, 1.165) is 18.5 Å². The Morgan fingerprint density at radius 3 is 2.72 bits per heavy atom. The number of hydrogen-bond donors (Lipinski definition) is 1. The van der Waals surface area contributed by atoms with Gasteiger partial charge in [-0.2, -0.15) is 5.26 Å². The van der Waals surface area contributed by atoms with E-state index in [-0.39, 0.29) is 55.2 Å². The van der Waals surface area contributed by atoms with Gasteiger partial charge in [0.15, 0.2) is 5.78 Å². The monoisotopic (exact) mass is 569 g/mol. The number of benzene rings is 1. The second kappa shape index (κ2) is 12.8. The number of anilines is 1. The van der Waals surface area contributed by atoms with Gasteiger partial charge >= 0.3 is 0 Å². The number of nitrogens with zero attached hydrogens (tertiary/aromatic N) is 6. The van der Waals surface area contributed by atoms with E-state index in [9.17, 15) is 14.9 Å². The first-order valence-electron chi connectivity index (χ1n) is 12.1. The number of carbonyl (C=O) groups excluding carboxylic acids is 1. The van der Waals surface area contributed by atoms with E-state index >= 15 is 0 Å². The summed E-state index contributed by atoms with van der Waals surface area (Å²) in [5, 5.41) is 10.1. The maximum absolute atomic E-state index is 13.8. The van der Waals surface area contributed by atoms with Crippen molar-refractivity contribution >= 4 is 47.4 Å². The van der Waals surface area contributed by atoms with E-state index in [1.165, 1.54) is 18.0 Å². The molecule has 0 saturated carbocycles. The number of nitrogens with two attached hydrogens (primary N) is 1. The number of hydrogen-bond acceptors (Lipinski definition) is 8. The number of aromatic nitrogens is 4. The van der Waals surface area contributed by atoms with Gasteiger partial charge in [0.1, 0.15) is 34.2 Å². The molecular formula is C27H29Cl2N7O3. The molecule has 10 nitrogen and oxygen atoms in total. The van der Waals surface area contributed by atoms with Gasteiger partial charge in [-0.15, -0.1) is 24.8 Å². The molecular weight excluding hydrogens is 541 g/mol. The van der Waals surface area contributed by atoms with Crippen LogP contribution in [0.2, 0.25) is 0 Å². The highest BCUT2D eigenvalue weighted by atomic mass is 35.5. The molecule has 4 aromatic rings. The molecule has 2 N–H and O–H groups in total. The minimum absolute atomic E-state index is 0. The molecule has 0 radical (unpaired) electrons. The SMILES string of the molecule is COc1cccc(C(=O)Cn2cnc3c(C#N)c(N4CCCC(N)C4)n(Cc4ccccn4)c3c2=O)c1.Cl.Cl. The number of Topliss-reactive ketones (excluding diaryl/α,β-unsaturated/α-hetero) is 1. The summed E-state index contributed by atoms with van der Waals surface area (Å²) in [6.07, 6.45) is 4.80. The van der Waals surface area contributed by atoms with Crippen LogP contribution in [0.1, 0.15) is 34.5 Å². The predicted octanol–water partition coefficient (Wildman–Crippen LogP) is 3.18. The average Bonchev–Trinajstić information content (AvgIpc) is 3.24.